The summed E-state index contributed by atoms with van der Waals surface area (Å²) in [7, 11) is 0. The molecular formula is C24H22F8N2O2. The first-order valence-corrected chi connectivity index (χ1v) is 10.4. The van der Waals surface area contributed by atoms with E-state index in [0.717, 1.165) is 39.1 Å². The van der Waals surface area contributed by atoms with Crippen LogP contribution in [-0.4, -0.2) is 29.4 Å². The van der Waals surface area contributed by atoms with Crippen molar-refractivity contribution in [3.05, 3.63) is 70.6 Å². The predicted molar refractivity (Wildman–Crippen MR) is 115 cm³/mol. The van der Waals surface area contributed by atoms with Gasteiger partial charge in [0.05, 0.1) is 16.7 Å². The van der Waals surface area contributed by atoms with Crippen LogP contribution in [0.5, 0.6) is 0 Å². The van der Waals surface area contributed by atoms with E-state index < -0.39 is 65.5 Å². The molecule has 0 aliphatic carbocycles. The van der Waals surface area contributed by atoms with Crippen molar-refractivity contribution in [3.8, 4) is 0 Å². The summed E-state index contributed by atoms with van der Waals surface area (Å²) in [6.07, 6.45) is -12.9. The molecular weight excluding hydrogens is 500 g/mol. The molecule has 1 N–H and O–H groups in total. The quantitative estimate of drug-likeness (QED) is 0.321. The summed E-state index contributed by atoms with van der Waals surface area (Å²) in [6.45, 7) is 2.45. The van der Waals surface area contributed by atoms with E-state index >= 15 is 0 Å². The zero-order valence-electron chi connectivity index (χ0n) is 19.3. The highest BCUT2D eigenvalue weighted by Gasteiger charge is 2.53. The number of rotatable bonds is 8. The van der Waals surface area contributed by atoms with E-state index in [1.165, 1.54) is 0 Å². The lowest BCUT2D eigenvalue weighted by Gasteiger charge is -2.34. The summed E-state index contributed by atoms with van der Waals surface area (Å²) in [5.41, 5.74) is -5.77. The van der Waals surface area contributed by atoms with Gasteiger partial charge in [-0.05, 0) is 55.7 Å². The van der Waals surface area contributed by atoms with Crippen LogP contribution in [0.1, 0.15) is 56.0 Å². The van der Waals surface area contributed by atoms with Crippen LogP contribution in [0.15, 0.2) is 48.2 Å². The number of hydrogen-bond donors (Lipinski definition) is 1. The number of carbonyl (C=O) groups excluding carboxylic acids is 2. The fraction of sp³-hybridized carbons (Fsp3) is 0.375. The van der Waals surface area contributed by atoms with Gasteiger partial charge in [-0.15, -0.1) is 0 Å². The molecule has 0 saturated heterocycles. The number of nitrogens with one attached hydrogen (secondary N) is 1. The molecule has 1 aromatic carbocycles. The molecule has 0 saturated carbocycles. The lowest BCUT2D eigenvalue weighted by molar-refractivity contribution is -0.184. The Bertz CT molecular complexity index is 1120. The lowest BCUT2D eigenvalue weighted by Crippen LogP contribution is -2.40. The van der Waals surface area contributed by atoms with Crippen LogP contribution >= 0.6 is 0 Å². The summed E-state index contributed by atoms with van der Waals surface area (Å²) in [6, 6.07) is 4.39. The van der Waals surface area contributed by atoms with Gasteiger partial charge in [-0.1, -0.05) is 12.1 Å². The third kappa shape index (κ3) is 6.67. The van der Waals surface area contributed by atoms with Crippen molar-refractivity contribution in [1.82, 2.24) is 10.3 Å². The number of pyridine rings is 1. The van der Waals surface area contributed by atoms with Crippen molar-refractivity contribution in [3.63, 3.8) is 0 Å². The predicted octanol–water partition coefficient (Wildman–Crippen LogP) is 6.43. The normalized spacial score (nSPS) is 14.8. The summed E-state index contributed by atoms with van der Waals surface area (Å²) >= 11 is 0. The number of nitrogens with zero attached hydrogens (tertiary/aromatic N) is 1. The molecule has 0 unspecified atom stereocenters. The van der Waals surface area contributed by atoms with Crippen molar-refractivity contribution >= 4 is 17.3 Å². The van der Waals surface area contributed by atoms with Gasteiger partial charge in [0, 0.05) is 30.8 Å². The van der Waals surface area contributed by atoms with Crippen LogP contribution in [0.4, 0.5) is 35.1 Å². The first-order chi connectivity index (χ1) is 16.5. The number of aromatic nitrogens is 1. The molecule has 1 amide bonds. The molecule has 196 valence electrons. The summed E-state index contributed by atoms with van der Waals surface area (Å²) in [5.74, 6) is -1.30. The maximum absolute atomic E-state index is 14.4. The number of amides is 1. The average Bonchev–Trinajstić information content (AvgIpc) is 2.76. The molecule has 36 heavy (non-hydrogen) atoms. The summed E-state index contributed by atoms with van der Waals surface area (Å²) in [4.78, 5) is 27.6. The third-order valence-electron chi connectivity index (χ3n) is 5.66. The number of allylic oxidation sites excluding steroid dienone is 1. The Balaban J connectivity index is 2.74. The lowest BCUT2D eigenvalue weighted by atomic mass is 9.74. The van der Waals surface area contributed by atoms with Gasteiger partial charge < -0.3 is 5.32 Å². The maximum atomic E-state index is 14.4. The highest BCUT2D eigenvalue weighted by atomic mass is 19.4. The second-order valence-corrected chi connectivity index (χ2v) is 8.28. The summed E-state index contributed by atoms with van der Waals surface area (Å²) < 4.78 is 108. The molecule has 0 aliphatic heterocycles. The molecule has 2 rings (SSSR count). The monoisotopic (exact) mass is 522 g/mol. The van der Waals surface area contributed by atoms with E-state index in [2.05, 4.69) is 10.3 Å². The van der Waals surface area contributed by atoms with Gasteiger partial charge in [0.2, 0.25) is 5.91 Å². The van der Waals surface area contributed by atoms with Crippen molar-refractivity contribution in [2.75, 3.05) is 6.54 Å². The summed E-state index contributed by atoms with van der Waals surface area (Å²) in [5, 5.41) is 2.32. The first kappa shape index (κ1) is 28.9. The van der Waals surface area contributed by atoms with Gasteiger partial charge in [-0.3, -0.25) is 14.6 Å². The van der Waals surface area contributed by atoms with Gasteiger partial charge >= 0.3 is 12.4 Å². The van der Waals surface area contributed by atoms with Crippen LogP contribution in [0, 0.1) is 0 Å². The molecule has 0 aliphatic rings. The number of Topliss-reactive ketones (excluding diaryl/α,β-unsaturated/α-hetero) is 1. The molecule has 1 aromatic heterocycles. The standard InChI is InChI=1S/C24H22F8N2O2/c1-13(35)19(12-33-14(2)36)18(20-9-4-15(11-34-20)21(25)26)10-22(3,24(30,31)32)16-5-7-17(8-6-16)23(27,28)29/h4-9,11,21H,10,12H2,1-3H3,(H,33,36)/b19-18+/t22-/m1/s1. The van der Waals surface area contributed by atoms with E-state index in [9.17, 15) is 44.7 Å². The molecule has 4 nitrogen and oxygen atoms in total. The highest BCUT2D eigenvalue weighted by Crippen LogP contribution is 2.48. The minimum absolute atomic E-state index is 0.225. The Morgan fingerprint density at radius 1 is 0.917 bits per heavy atom. The molecule has 0 radical (unpaired) electrons. The Morgan fingerprint density at radius 3 is 1.86 bits per heavy atom. The minimum Gasteiger partial charge on any atom is -0.352 e. The van der Waals surface area contributed by atoms with E-state index in [0.29, 0.717) is 24.3 Å². The molecule has 2 aromatic rings. The molecule has 12 heteroatoms. The minimum atomic E-state index is -5.02. The van der Waals surface area contributed by atoms with Gasteiger partial charge in [0.15, 0.2) is 5.78 Å². The van der Waals surface area contributed by atoms with Crippen LogP contribution < -0.4 is 5.32 Å². The average molecular weight is 522 g/mol. The largest absolute Gasteiger partial charge is 0.416 e. The van der Waals surface area contributed by atoms with Crippen LogP contribution in [0.25, 0.3) is 5.57 Å². The number of carbonyl (C=O) groups is 2. The van der Waals surface area contributed by atoms with E-state index in [4.69, 9.17) is 0 Å². The van der Waals surface area contributed by atoms with Crippen molar-refractivity contribution in [2.45, 2.75) is 51.4 Å². The Morgan fingerprint density at radius 2 is 1.47 bits per heavy atom. The second kappa shape index (κ2) is 10.8. The van der Waals surface area contributed by atoms with Crippen molar-refractivity contribution in [1.29, 1.82) is 0 Å². The van der Waals surface area contributed by atoms with E-state index in [1.807, 2.05) is 0 Å². The van der Waals surface area contributed by atoms with Crippen LogP contribution in [0.3, 0.4) is 0 Å². The number of ketones is 1. The smallest absolute Gasteiger partial charge is 0.352 e. The molecule has 0 bridgehead atoms. The third-order valence-corrected chi connectivity index (χ3v) is 5.66. The SMILES string of the molecule is CC(=O)NC/C(C(C)=O)=C(/C[C@](C)(c1ccc(C(F)(F)F)cc1)C(F)(F)F)c1ccc(C(F)F)cn1. The van der Waals surface area contributed by atoms with Gasteiger partial charge in [-0.2, -0.15) is 26.3 Å². The van der Waals surface area contributed by atoms with Crippen molar-refractivity contribution < 1.29 is 44.7 Å². The first-order valence-electron chi connectivity index (χ1n) is 10.4. The van der Waals surface area contributed by atoms with Crippen LogP contribution in [-0.2, 0) is 21.2 Å². The maximum Gasteiger partial charge on any atom is 0.416 e. The van der Waals surface area contributed by atoms with E-state index in [1.54, 1.807) is 0 Å². The molecule has 0 fully saturated rings. The number of halogens is 8. The zero-order valence-corrected chi connectivity index (χ0v) is 19.3. The fourth-order valence-electron chi connectivity index (χ4n) is 3.47. The number of benzene rings is 1. The molecule has 1 atom stereocenters. The Hall–Kier alpha value is -3.31. The van der Waals surface area contributed by atoms with E-state index in [-0.39, 0.29) is 16.8 Å². The Kier molecular flexibility index (Phi) is 8.64. The van der Waals surface area contributed by atoms with Gasteiger partial charge in [0.1, 0.15) is 0 Å². The molecule has 1 heterocycles. The number of alkyl halides is 8. The highest BCUT2D eigenvalue weighted by molar-refractivity contribution is 6.02. The van der Waals surface area contributed by atoms with Gasteiger partial charge in [-0.25, -0.2) is 8.78 Å². The molecule has 0 spiro atoms. The fourth-order valence-corrected chi connectivity index (χ4v) is 3.47. The van der Waals surface area contributed by atoms with Crippen molar-refractivity contribution in [2.24, 2.45) is 0 Å². The Labute approximate surface area is 201 Å². The number of hydrogen-bond acceptors (Lipinski definition) is 3. The van der Waals surface area contributed by atoms with Gasteiger partial charge in [0.25, 0.3) is 6.43 Å². The topological polar surface area (TPSA) is 59.1 Å². The second-order valence-electron chi connectivity index (χ2n) is 8.28. The zero-order chi connectivity index (χ0) is 27.5. The van der Waals surface area contributed by atoms with Crippen LogP contribution in [0.2, 0.25) is 0 Å².